The van der Waals surface area contributed by atoms with Crippen molar-refractivity contribution in [2.45, 2.75) is 52.0 Å². The smallest absolute Gasteiger partial charge is 0.0133 e. The van der Waals surface area contributed by atoms with Gasteiger partial charge in [-0.1, -0.05) is 75.6 Å². The second-order valence-corrected chi connectivity index (χ2v) is 6.05. The van der Waals surface area contributed by atoms with E-state index in [0.29, 0.717) is 6.04 Å². The minimum absolute atomic E-state index is 0.576. The van der Waals surface area contributed by atoms with Crippen molar-refractivity contribution >= 4 is 10.8 Å². The molecule has 0 saturated carbocycles. The van der Waals surface area contributed by atoms with E-state index in [4.69, 9.17) is 0 Å². The first kappa shape index (κ1) is 16.0. The lowest BCUT2D eigenvalue weighted by atomic mass is 9.86. The van der Waals surface area contributed by atoms with Crippen LogP contribution >= 0.6 is 0 Å². The van der Waals surface area contributed by atoms with E-state index in [1.54, 1.807) is 0 Å². The van der Waals surface area contributed by atoms with Gasteiger partial charge in [-0.15, -0.1) is 0 Å². The molecule has 0 aromatic heterocycles. The highest BCUT2D eigenvalue weighted by Gasteiger charge is 2.19. The number of nitrogens with one attached hydrogen (secondary N) is 1. The van der Waals surface area contributed by atoms with E-state index in [0.717, 1.165) is 12.3 Å². The summed E-state index contributed by atoms with van der Waals surface area (Å²) >= 11 is 0. The molecule has 0 radical (unpaired) electrons. The molecular weight excluding hydrogens is 254 g/mol. The Kier molecular flexibility index (Phi) is 6.25. The van der Waals surface area contributed by atoms with Crippen LogP contribution < -0.4 is 5.32 Å². The number of hydrogen-bond donors (Lipinski definition) is 1. The van der Waals surface area contributed by atoms with E-state index in [1.807, 2.05) is 0 Å². The Labute approximate surface area is 129 Å². The highest BCUT2D eigenvalue weighted by molar-refractivity contribution is 5.85. The van der Waals surface area contributed by atoms with Gasteiger partial charge in [0.05, 0.1) is 0 Å². The first-order valence-electron chi connectivity index (χ1n) is 8.44. The maximum absolute atomic E-state index is 3.58. The molecule has 2 atom stereocenters. The molecule has 2 aromatic rings. The molecule has 2 unspecified atom stereocenters. The molecular formula is C20H29N. The third-order valence-electron chi connectivity index (χ3n) is 4.71. The van der Waals surface area contributed by atoms with E-state index in [9.17, 15) is 0 Å². The zero-order valence-electron chi connectivity index (χ0n) is 13.7. The van der Waals surface area contributed by atoms with Crippen molar-refractivity contribution in [2.24, 2.45) is 5.92 Å². The lowest BCUT2D eigenvalue weighted by Gasteiger charge is -2.26. The minimum atomic E-state index is 0.576. The van der Waals surface area contributed by atoms with Crippen molar-refractivity contribution in [1.29, 1.82) is 0 Å². The summed E-state index contributed by atoms with van der Waals surface area (Å²) in [4.78, 5) is 0. The van der Waals surface area contributed by atoms with Gasteiger partial charge in [-0.05, 0) is 42.1 Å². The number of hydrogen-bond acceptors (Lipinski definition) is 1. The average molecular weight is 283 g/mol. The molecule has 2 aromatic carbocycles. The van der Waals surface area contributed by atoms with Gasteiger partial charge < -0.3 is 5.32 Å². The summed E-state index contributed by atoms with van der Waals surface area (Å²) in [5.41, 5.74) is 1.47. The van der Waals surface area contributed by atoms with Crippen LogP contribution in [0.25, 0.3) is 10.8 Å². The van der Waals surface area contributed by atoms with Gasteiger partial charge in [-0.2, -0.15) is 0 Å². The highest BCUT2D eigenvalue weighted by atomic mass is 14.9. The SMILES string of the molecule is CCCCC(CC)C(Cc1cccc2ccccc12)NC. The molecule has 0 heterocycles. The fraction of sp³-hybridized carbons (Fsp3) is 0.500. The quantitative estimate of drug-likeness (QED) is 0.703. The van der Waals surface area contributed by atoms with Crippen LogP contribution in [0.5, 0.6) is 0 Å². The molecule has 1 N–H and O–H groups in total. The van der Waals surface area contributed by atoms with Crippen LogP contribution in [0.15, 0.2) is 42.5 Å². The molecule has 0 amide bonds. The van der Waals surface area contributed by atoms with Crippen molar-refractivity contribution in [3.63, 3.8) is 0 Å². The third-order valence-corrected chi connectivity index (χ3v) is 4.71. The van der Waals surface area contributed by atoms with Crippen molar-refractivity contribution in [2.75, 3.05) is 7.05 Å². The lowest BCUT2D eigenvalue weighted by molar-refractivity contribution is 0.331. The van der Waals surface area contributed by atoms with Gasteiger partial charge in [0.25, 0.3) is 0 Å². The molecule has 0 aliphatic heterocycles. The van der Waals surface area contributed by atoms with Crippen molar-refractivity contribution < 1.29 is 0 Å². The lowest BCUT2D eigenvalue weighted by Crippen LogP contribution is -2.35. The zero-order chi connectivity index (χ0) is 15.1. The predicted octanol–water partition coefficient (Wildman–Crippen LogP) is 5.19. The topological polar surface area (TPSA) is 12.0 Å². The largest absolute Gasteiger partial charge is 0.316 e. The molecule has 0 saturated heterocycles. The standard InChI is InChI=1S/C20H29N/c1-4-6-10-16(5-2)20(21-3)15-18-13-9-12-17-11-7-8-14-19(17)18/h7-9,11-14,16,20-21H,4-6,10,15H2,1-3H3. The highest BCUT2D eigenvalue weighted by Crippen LogP contribution is 2.24. The third kappa shape index (κ3) is 4.07. The van der Waals surface area contributed by atoms with E-state index >= 15 is 0 Å². The van der Waals surface area contributed by atoms with Gasteiger partial charge in [0, 0.05) is 6.04 Å². The van der Waals surface area contributed by atoms with Crippen molar-refractivity contribution in [3.05, 3.63) is 48.0 Å². The second-order valence-electron chi connectivity index (χ2n) is 6.05. The number of unbranched alkanes of at least 4 members (excludes halogenated alkanes) is 1. The van der Waals surface area contributed by atoms with Crippen LogP contribution in [0.3, 0.4) is 0 Å². The second kappa shape index (κ2) is 8.19. The molecule has 0 fully saturated rings. The minimum Gasteiger partial charge on any atom is -0.316 e. The Bertz CT molecular complexity index is 541. The van der Waals surface area contributed by atoms with Gasteiger partial charge in [-0.3, -0.25) is 0 Å². The van der Waals surface area contributed by atoms with E-state index in [2.05, 4.69) is 68.7 Å². The van der Waals surface area contributed by atoms with Gasteiger partial charge in [0.2, 0.25) is 0 Å². The number of likely N-dealkylation sites (N-methyl/N-ethyl adjacent to an activating group) is 1. The van der Waals surface area contributed by atoms with Crippen molar-refractivity contribution in [1.82, 2.24) is 5.32 Å². The average Bonchev–Trinajstić information content (AvgIpc) is 2.54. The summed E-state index contributed by atoms with van der Waals surface area (Å²) in [6.45, 7) is 4.61. The molecule has 1 heteroatoms. The Balaban J connectivity index is 2.19. The van der Waals surface area contributed by atoms with Crippen LogP contribution in [0, 0.1) is 5.92 Å². The number of fused-ring (bicyclic) bond motifs is 1. The van der Waals surface area contributed by atoms with Crippen molar-refractivity contribution in [3.8, 4) is 0 Å². The van der Waals surface area contributed by atoms with Gasteiger partial charge in [0.15, 0.2) is 0 Å². The first-order valence-corrected chi connectivity index (χ1v) is 8.44. The zero-order valence-corrected chi connectivity index (χ0v) is 13.7. The van der Waals surface area contributed by atoms with Crippen LogP contribution in [0.1, 0.15) is 45.1 Å². The normalized spacial score (nSPS) is 14.2. The summed E-state index contributed by atoms with van der Waals surface area (Å²) in [6, 6.07) is 16.0. The Morgan fingerprint density at radius 3 is 2.48 bits per heavy atom. The van der Waals surface area contributed by atoms with E-state index < -0.39 is 0 Å². The molecule has 2 rings (SSSR count). The molecule has 0 bridgehead atoms. The summed E-state index contributed by atoms with van der Waals surface area (Å²) in [5, 5.41) is 6.34. The van der Waals surface area contributed by atoms with Crippen LogP contribution in [0.2, 0.25) is 0 Å². The van der Waals surface area contributed by atoms with Gasteiger partial charge >= 0.3 is 0 Å². The molecule has 114 valence electrons. The summed E-state index contributed by atoms with van der Waals surface area (Å²) < 4.78 is 0. The van der Waals surface area contributed by atoms with Gasteiger partial charge in [0.1, 0.15) is 0 Å². The Hall–Kier alpha value is -1.34. The van der Waals surface area contributed by atoms with E-state index in [-0.39, 0.29) is 0 Å². The fourth-order valence-corrected chi connectivity index (χ4v) is 3.37. The monoisotopic (exact) mass is 283 g/mol. The van der Waals surface area contributed by atoms with Crippen LogP contribution in [-0.4, -0.2) is 13.1 Å². The summed E-state index contributed by atoms with van der Waals surface area (Å²) in [6.07, 6.45) is 6.35. The molecule has 1 nitrogen and oxygen atoms in total. The molecule has 0 spiro atoms. The fourth-order valence-electron chi connectivity index (χ4n) is 3.37. The molecule has 0 aliphatic rings. The van der Waals surface area contributed by atoms with Gasteiger partial charge in [-0.25, -0.2) is 0 Å². The number of benzene rings is 2. The molecule has 0 aliphatic carbocycles. The van der Waals surface area contributed by atoms with E-state index in [1.165, 1.54) is 42.0 Å². The first-order chi connectivity index (χ1) is 10.3. The maximum Gasteiger partial charge on any atom is 0.0133 e. The Morgan fingerprint density at radius 1 is 1.00 bits per heavy atom. The van der Waals surface area contributed by atoms with Crippen LogP contribution in [-0.2, 0) is 6.42 Å². The molecule has 21 heavy (non-hydrogen) atoms. The Morgan fingerprint density at radius 2 is 1.76 bits per heavy atom. The number of rotatable bonds is 8. The van der Waals surface area contributed by atoms with Crippen LogP contribution in [0.4, 0.5) is 0 Å². The summed E-state index contributed by atoms with van der Waals surface area (Å²) in [7, 11) is 2.12. The maximum atomic E-state index is 3.58. The summed E-state index contributed by atoms with van der Waals surface area (Å²) in [5.74, 6) is 0.772. The predicted molar refractivity (Wildman–Crippen MR) is 93.8 cm³/mol.